The first-order chi connectivity index (χ1) is 5.96. The molecule has 0 aliphatic carbocycles. The molecule has 0 radical (unpaired) electrons. The summed E-state index contributed by atoms with van der Waals surface area (Å²) in [4.78, 5) is 11.3. The summed E-state index contributed by atoms with van der Waals surface area (Å²) in [5.41, 5.74) is 0. The number of ketones is 1. The van der Waals surface area contributed by atoms with Crippen molar-refractivity contribution in [2.75, 3.05) is 0 Å². The third-order valence-electron chi connectivity index (χ3n) is 2.05. The average molecular weight is 182 g/mol. The molecule has 72 valence electrons. The van der Waals surface area contributed by atoms with Gasteiger partial charge in [0.1, 0.15) is 6.10 Å². The van der Waals surface area contributed by atoms with Gasteiger partial charge >= 0.3 is 0 Å². The van der Waals surface area contributed by atoms with Crippen molar-refractivity contribution in [1.29, 1.82) is 0 Å². The van der Waals surface area contributed by atoms with Gasteiger partial charge in [0.2, 0.25) is 0 Å². The Morgan fingerprint density at radius 3 is 3.00 bits per heavy atom. The molecule has 1 rings (SSSR count). The first-order valence-electron chi connectivity index (χ1n) is 4.22. The number of carbonyl (C=O) groups is 1. The minimum Gasteiger partial charge on any atom is -0.362 e. The van der Waals surface area contributed by atoms with Crippen molar-refractivity contribution in [3.05, 3.63) is 24.8 Å². The highest BCUT2D eigenvalue weighted by Crippen LogP contribution is 2.22. The van der Waals surface area contributed by atoms with E-state index in [-0.39, 0.29) is 11.7 Å². The van der Waals surface area contributed by atoms with Crippen molar-refractivity contribution in [2.24, 2.45) is 5.92 Å². The molecule has 1 aliphatic heterocycles. The van der Waals surface area contributed by atoms with E-state index in [1.165, 1.54) is 19.1 Å². The van der Waals surface area contributed by atoms with E-state index in [0.717, 1.165) is 0 Å². The molecular formula is C10H14O3. The van der Waals surface area contributed by atoms with Crippen LogP contribution in [0.1, 0.15) is 13.8 Å². The van der Waals surface area contributed by atoms with Gasteiger partial charge in [-0.3, -0.25) is 4.79 Å². The summed E-state index contributed by atoms with van der Waals surface area (Å²) in [6.45, 7) is 6.90. The molecule has 1 heterocycles. The molecule has 1 aliphatic rings. The number of hydrogen-bond donors (Lipinski definition) is 1. The molecule has 1 unspecified atom stereocenters. The lowest BCUT2D eigenvalue weighted by Crippen LogP contribution is -2.42. The van der Waals surface area contributed by atoms with Crippen molar-refractivity contribution >= 4 is 5.78 Å². The first-order valence-corrected chi connectivity index (χ1v) is 4.22. The summed E-state index contributed by atoms with van der Waals surface area (Å²) in [5.74, 6) is -1.56. The number of carbonyl (C=O) groups excluding carboxylic acids is 1. The lowest BCUT2D eigenvalue weighted by molar-refractivity contribution is -0.198. The second-order valence-electron chi connectivity index (χ2n) is 3.42. The van der Waals surface area contributed by atoms with Crippen LogP contribution >= 0.6 is 0 Å². The number of aliphatic hydroxyl groups is 1. The molecule has 3 heteroatoms. The number of hydrogen-bond acceptors (Lipinski definition) is 3. The largest absolute Gasteiger partial charge is 0.362 e. The van der Waals surface area contributed by atoms with E-state index < -0.39 is 11.9 Å². The van der Waals surface area contributed by atoms with Crippen LogP contribution in [0.4, 0.5) is 0 Å². The highest BCUT2D eigenvalue weighted by atomic mass is 16.6. The monoisotopic (exact) mass is 182 g/mol. The van der Waals surface area contributed by atoms with Gasteiger partial charge < -0.3 is 9.84 Å². The maximum atomic E-state index is 11.3. The Hall–Kier alpha value is -0.930. The summed E-state index contributed by atoms with van der Waals surface area (Å²) < 4.78 is 5.19. The molecule has 0 saturated heterocycles. The van der Waals surface area contributed by atoms with E-state index >= 15 is 0 Å². The lowest BCUT2D eigenvalue weighted by Gasteiger charge is -2.31. The molecular weight excluding hydrogens is 168 g/mol. The summed E-state index contributed by atoms with van der Waals surface area (Å²) in [7, 11) is 0. The molecule has 0 aromatic heterocycles. The van der Waals surface area contributed by atoms with Gasteiger partial charge in [0.15, 0.2) is 11.6 Å². The predicted octanol–water partition coefficient (Wildman–Crippen LogP) is 1.04. The smallest absolute Gasteiger partial charge is 0.184 e. The Kier molecular flexibility index (Phi) is 2.68. The Labute approximate surface area is 77.7 Å². The van der Waals surface area contributed by atoms with Crippen molar-refractivity contribution < 1.29 is 14.6 Å². The fraction of sp³-hybridized carbons (Fsp3) is 0.500. The molecule has 0 fully saturated rings. The fourth-order valence-corrected chi connectivity index (χ4v) is 1.18. The molecule has 0 aromatic rings. The quantitative estimate of drug-likeness (QED) is 0.649. The third-order valence-corrected chi connectivity index (χ3v) is 2.05. The number of ether oxygens (including phenoxy) is 1. The average Bonchev–Trinajstić information content (AvgIpc) is 2.08. The Bertz CT molecular complexity index is 253. The second-order valence-corrected chi connectivity index (χ2v) is 3.42. The van der Waals surface area contributed by atoms with E-state index in [0.29, 0.717) is 0 Å². The molecule has 13 heavy (non-hydrogen) atoms. The van der Waals surface area contributed by atoms with Gasteiger partial charge in [-0.2, -0.15) is 0 Å². The van der Waals surface area contributed by atoms with Crippen molar-refractivity contribution in [2.45, 2.75) is 25.7 Å². The van der Waals surface area contributed by atoms with Crippen molar-refractivity contribution in [1.82, 2.24) is 0 Å². The summed E-state index contributed by atoms with van der Waals surface area (Å²) in [5, 5.41) is 9.51. The lowest BCUT2D eigenvalue weighted by atomic mass is 9.97. The van der Waals surface area contributed by atoms with E-state index in [1.54, 1.807) is 6.08 Å². The van der Waals surface area contributed by atoms with Gasteiger partial charge in [-0.05, 0) is 19.1 Å². The van der Waals surface area contributed by atoms with Gasteiger partial charge in [0.25, 0.3) is 0 Å². The van der Waals surface area contributed by atoms with Gasteiger partial charge in [-0.15, -0.1) is 6.58 Å². The predicted molar refractivity (Wildman–Crippen MR) is 49.0 cm³/mol. The van der Waals surface area contributed by atoms with Crippen molar-refractivity contribution in [3.63, 3.8) is 0 Å². The topological polar surface area (TPSA) is 46.5 Å². The standard InChI is InChI=1S/C10H14O3/c1-4-7(2)9-8(11)5-6-10(3,12)13-9/h4-7,9,12H,1H2,2-3H3/t7-,9-,10?/m0/s1. The molecule has 1 N–H and O–H groups in total. The van der Waals surface area contributed by atoms with Crippen LogP contribution in [0.15, 0.2) is 24.8 Å². The van der Waals surface area contributed by atoms with Crippen molar-refractivity contribution in [3.8, 4) is 0 Å². The fourth-order valence-electron chi connectivity index (χ4n) is 1.18. The third kappa shape index (κ3) is 2.26. The normalized spacial score (nSPS) is 35.9. The minimum atomic E-state index is -1.34. The van der Waals surface area contributed by atoms with Gasteiger partial charge in [0.05, 0.1) is 0 Å². The molecule has 0 amide bonds. The Morgan fingerprint density at radius 2 is 2.46 bits per heavy atom. The van der Waals surface area contributed by atoms with Crippen LogP contribution in [0, 0.1) is 5.92 Å². The van der Waals surface area contributed by atoms with Crippen LogP contribution in [0.25, 0.3) is 0 Å². The molecule has 3 nitrogen and oxygen atoms in total. The summed E-state index contributed by atoms with van der Waals surface area (Å²) >= 11 is 0. The van der Waals surface area contributed by atoms with Crippen LogP contribution in [-0.4, -0.2) is 22.8 Å². The van der Waals surface area contributed by atoms with E-state index in [9.17, 15) is 9.90 Å². The van der Waals surface area contributed by atoms with Gasteiger partial charge in [-0.1, -0.05) is 13.0 Å². The van der Waals surface area contributed by atoms with Crippen LogP contribution in [-0.2, 0) is 9.53 Å². The zero-order valence-corrected chi connectivity index (χ0v) is 7.86. The van der Waals surface area contributed by atoms with E-state index in [2.05, 4.69) is 6.58 Å². The molecule has 3 atom stereocenters. The maximum Gasteiger partial charge on any atom is 0.184 e. The van der Waals surface area contributed by atoms with Crippen LogP contribution in [0.5, 0.6) is 0 Å². The molecule has 0 spiro atoms. The maximum absolute atomic E-state index is 11.3. The highest BCUT2D eigenvalue weighted by molar-refractivity contribution is 5.94. The van der Waals surface area contributed by atoms with Crippen LogP contribution in [0.2, 0.25) is 0 Å². The molecule has 0 saturated carbocycles. The van der Waals surface area contributed by atoms with E-state index in [4.69, 9.17) is 4.74 Å². The summed E-state index contributed by atoms with van der Waals surface area (Å²) in [6.07, 6.45) is 3.73. The van der Waals surface area contributed by atoms with E-state index in [1.807, 2.05) is 6.92 Å². The van der Waals surface area contributed by atoms with Crippen LogP contribution in [0.3, 0.4) is 0 Å². The highest BCUT2D eigenvalue weighted by Gasteiger charge is 2.33. The Morgan fingerprint density at radius 1 is 1.85 bits per heavy atom. The van der Waals surface area contributed by atoms with Crippen LogP contribution < -0.4 is 0 Å². The molecule has 0 aromatic carbocycles. The minimum absolute atomic E-state index is 0.0936. The van der Waals surface area contributed by atoms with Gasteiger partial charge in [-0.25, -0.2) is 0 Å². The second kappa shape index (κ2) is 3.44. The zero-order chi connectivity index (χ0) is 10.1. The first kappa shape index (κ1) is 10.2. The zero-order valence-electron chi connectivity index (χ0n) is 7.86. The molecule has 0 bridgehead atoms. The summed E-state index contributed by atoms with van der Waals surface area (Å²) in [6, 6.07) is 0. The Balaban J connectivity index is 2.83. The van der Waals surface area contributed by atoms with Gasteiger partial charge in [0, 0.05) is 5.92 Å². The SMILES string of the molecule is C=C[C@H](C)[C@@H]1OC(C)(O)C=CC1=O. The number of rotatable bonds is 2.